The van der Waals surface area contributed by atoms with Crippen molar-refractivity contribution < 1.29 is 91.6 Å². The van der Waals surface area contributed by atoms with Crippen molar-refractivity contribution >= 4 is 0 Å². The van der Waals surface area contributed by atoms with Crippen LogP contribution in [0, 0.1) is 20.5 Å². The lowest BCUT2D eigenvalue weighted by molar-refractivity contribution is -2.00. The maximum atomic E-state index is 8.73. The Bertz CT molecular complexity index is 97.5. The van der Waals surface area contributed by atoms with Gasteiger partial charge in [-0.2, -0.15) is 0 Å². The van der Waals surface area contributed by atoms with Gasteiger partial charge < -0.3 is 12.3 Å². The van der Waals surface area contributed by atoms with Gasteiger partial charge in [-0.1, -0.05) is 0 Å². The molecule has 0 heterocycles. The molecule has 0 rings (SSSR count). The van der Waals surface area contributed by atoms with E-state index in [2.05, 4.69) is 0 Å². The Balaban J connectivity index is -0.0000000400. The number of hydrogen-bond donors (Lipinski definition) is 3. The van der Waals surface area contributed by atoms with E-state index in [1.54, 1.807) is 0 Å². The zero-order valence-corrected chi connectivity index (χ0v) is 11.7. The maximum absolute atomic E-state index is 8.73. The van der Waals surface area contributed by atoms with E-state index >= 15 is 0 Å². The molecule has 0 aromatic heterocycles. The molecule has 0 amide bonds. The predicted molar refractivity (Wildman–Crippen MR) is 14.2 cm³/mol. The molecule has 17 heteroatoms. The fraction of sp³-hybridized carbons (Fsp3) is 0. The van der Waals surface area contributed by atoms with Crippen molar-refractivity contribution in [1.29, 1.82) is 0 Å². The van der Waals surface area contributed by atoms with Crippen LogP contribution in [0.2, 0.25) is 0 Å². The first-order valence-corrected chi connectivity index (χ1v) is 7.94. The molecule has 0 atom stereocenters. The summed E-state index contributed by atoms with van der Waals surface area (Å²) in [5, 5.41) is 0. The second-order valence-corrected chi connectivity index (χ2v) is 4.92. The predicted octanol–water partition coefficient (Wildman–Crippen LogP) is -15.9. The first kappa shape index (κ1) is 30.6. The van der Waals surface area contributed by atoms with Crippen LogP contribution in [0.15, 0.2) is 0 Å². The van der Waals surface area contributed by atoms with Crippen molar-refractivity contribution in [2.24, 2.45) is 0 Å². The van der Waals surface area contributed by atoms with E-state index in [0.717, 1.165) is 0 Å². The van der Waals surface area contributed by atoms with Gasteiger partial charge in [-0.25, -0.2) is 37.3 Å². The molecule has 0 aromatic rings. The summed E-state index contributed by atoms with van der Waals surface area (Å²) in [6.07, 6.45) is 0. The van der Waals surface area contributed by atoms with Crippen LogP contribution in [0.1, 0.15) is 0 Å². The molecule has 0 fully saturated rings. The van der Waals surface area contributed by atoms with Crippen LogP contribution in [0.25, 0.3) is 0 Å². The third kappa shape index (κ3) is 6480. The molecule has 0 unspecified atom stereocenters. The van der Waals surface area contributed by atoms with E-state index in [9.17, 15) is 0 Å². The van der Waals surface area contributed by atoms with Gasteiger partial charge in [-0.3, -0.25) is 10.3 Å². The van der Waals surface area contributed by atoms with Gasteiger partial charge in [0.1, 0.15) is 0 Å². The van der Waals surface area contributed by atoms with Crippen LogP contribution in [-0.2, 0) is 0 Å². The van der Waals surface area contributed by atoms with Crippen LogP contribution in [-0.4, -0.2) is 3.44 Å². The number of hydrogen-bond acceptors (Lipinski definition) is 12. The first-order valence-electron chi connectivity index (χ1n) is 1.87. The monoisotopic (exact) mass is 426 g/mol. The quantitative estimate of drug-likeness (QED) is 0.303. The second-order valence-electron chi connectivity index (χ2n) is 1.15. The Morgan fingerprint density at radius 2 is 0.588 bits per heavy atom. The summed E-state index contributed by atoms with van der Waals surface area (Å²) in [6.45, 7) is 0. The number of rotatable bonds is 0. The minimum Gasteiger partial charge on any atom is -0.369 e. The van der Waals surface area contributed by atoms with Crippen LogP contribution in [0.3, 0.4) is 0 Å². The minimum absolute atomic E-state index is 0. The molecule has 0 aliphatic rings. The summed E-state index contributed by atoms with van der Waals surface area (Å²) in [5.41, 5.74) is 0. The normalized spacial score (nSPS) is 10.6. The SMILES string of the molecule is [NH4+].[NH4+].[O-][Cl+3]([O-])([O-])[O-].[O-][Cl+3]([O-])([O-])[O-].[O-][I+3]([O-])([O-])O. The molecule has 112 valence electrons. The highest BCUT2D eigenvalue weighted by Crippen LogP contribution is 1.50. The highest BCUT2D eigenvalue weighted by atomic mass is 127. The average Bonchev–Trinajstić information content (AvgIpc) is 1.41. The Morgan fingerprint density at radius 3 is 0.588 bits per heavy atom. The molecule has 0 bridgehead atoms. The van der Waals surface area contributed by atoms with Crippen LogP contribution in [0.4, 0.5) is 0 Å². The number of quaternary nitrogens is 2. The van der Waals surface area contributed by atoms with Crippen molar-refractivity contribution in [2.75, 3.05) is 0 Å². The zero-order valence-electron chi connectivity index (χ0n) is 8.07. The molecule has 14 nitrogen and oxygen atoms in total. The molecule has 9 N–H and O–H groups in total. The summed E-state index contributed by atoms with van der Waals surface area (Å²) in [6, 6.07) is 0. The molecular weight excluding hydrogens is 418 g/mol. The number of halogens is 3. The summed E-state index contributed by atoms with van der Waals surface area (Å²) >= 11 is -5.69. The Kier molecular flexibility index (Phi) is 21.3. The van der Waals surface area contributed by atoms with Crippen molar-refractivity contribution in [3.63, 3.8) is 0 Å². The van der Waals surface area contributed by atoms with Crippen molar-refractivity contribution in [3.8, 4) is 0 Å². The fourth-order valence-corrected chi connectivity index (χ4v) is 0. The molecule has 0 saturated heterocycles. The van der Waals surface area contributed by atoms with E-state index < -0.39 is 40.6 Å². The van der Waals surface area contributed by atoms with Gasteiger partial charge in [-0.05, 0) is 0 Å². The van der Waals surface area contributed by atoms with E-state index in [4.69, 9.17) is 51.0 Å². The van der Waals surface area contributed by atoms with Crippen LogP contribution < -0.4 is 80.0 Å². The van der Waals surface area contributed by atoms with Gasteiger partial charge in [0.25, 0.3) is 0 Å². The third-order valence-electron chi connectivity index (χ3n) is 0. The van der Waals surface area contributed by atoms with Gasteiger partial charge in [-0.15, -0.1) is 20.5 Å². The summed E-state index contributed by atoms with van der Waals surface area (Å²) in [4.78, 5) is 0. The van der Waals surface area contributed by atoms with Gasteiger partial charge in [0.2, 0.25) is 0 Å². The lowest BCUT2D eigenvalue weighted by Crippen LogP contribution is -4.23. The topological polar surface area (TPSA) is 347 Å². The van der Waals surface area contributed by atoms with Gasteiger partial charge in [0.05, 0.1) is 0 Å². The fourth-order valence-electron chi connectivity index (χ4n) is 0. The highest BCUT2D eigenvalue weighted by molar-refractivity contribution is 2.15. The first-order chi connectivity index (χ1) is 6.00. The van der Waals surface area contributed by atoms with E-state index in [1.165, 1.54) is 0 Å². The highest BCUT2D eigenvalue weighted by Gasteiger charge is 2.11. The second kappa shape index (κ2) is 11.8. The maximum Gasteiger partial charge on any atom is 0.368 e. The molecule has 0 aliphatic heterocycles. The van der Waals surface area contributed by atoms with Crippen LogP contribution in [0.5, 0.6) is 0 Å². The molecular formula is H9Cl2IN2O12. The van der Waals surface area contributed by atoms with Gasteiger partial charge in [0, 0.05) is 3.44 Å². The van der Waals surface area contributed by atoms with Gasteiger partial charge in [0.15, 0.2) is 0 Å². The standard InChI is InChI=1S/2ClHO4.HIO4.2H3N/c3*2-1(3,4)5;;/h2*(H,2,3,4,5);2H;2*1H3. The molecule has 0 spiro atoms. The Labute approximate surface area is 104 Å². The molecule has 0 aromatic carbocycles. The summed E-state index contributed by atoms with van der Waals surface area (Å²) < 4.78 is 101. The van der Waals surface area contributed by atoms with Gasteiger partial charge >= 0.3 is 20.1 Å². The molecule has 0 radical (unpaired) electrons. The van der Waals surface area contributed by atoms with Crippen molar-refractivity contribution in [3.05, 3.63) is 0 Å². The van der Waals surface area contributed by atoms with Crippen molar-refractivity contribution in [2.45, 2.75) is 0 Å². The van der Waals surface area contributed by atoms with E-state index in [0.29, 0.717) is 0 Å². The third-order valence-corrected chi connectivity index (χ3v) is 0. The average molecular weight is 427 g/mol. The summed E-state index contributed by atoms with van der Waals surface area (Å²) in [7, 11) is -9.89. The van der Waals surface area contributed by atoms with E-state index in [1.807, 2.05) is 0 Å². The molecule has 0 aliphatic carbocycles. The lowest BCUT2D eigenvalue weighted by Gasteiger charge is -2.17. The molecule has 0 saturated carbocycles. The van der Waals surface area contributed by atoms with Crippen molar-refractivity contribution in [1.82, 2.24) is 12.3 Å². The smallest absolute Gasteiger partial charge is 0.368 e. The largest absolute Gasteiger partial charge is 0.369 e. The Hall–Kier alpha value is 0.750. The molecule has 17 heavy (non-hydrogen) atoms. The minimum atomic E-state index is -5.69. The van der Waals surface area contributed by atoms with E-state index in [-0.39, 0.29) is 12.3 Å². The Morgan fingerprint density at radius 1 is 0.588 bits per heavy atom. The lowest BCUT2D eigenvalue weighted by atomic mass is 14.0. The summed E-state index contributed by atoms with van der Waals surface area (Å²) in [5.74, 6) is 0. The zero-order chi connectivity index (χ0) is 13.5. The van der Waals surface area contributed by atoms with Crippen LogP contribution >= 0.6 is 0 Å².